The molecule has 25 heavy (non-hydrogen) atoms. The van der Waals surface area contributed by atoms with Crippen molar-refractivity contribution in [1.29, 1.82) is 0 Å². The minimum absolute atomic E-state index is 0.0682. The number of pyridine rings is 1. The summed E-state index contributed by atoms with van der Waals surface area (Å²) >= 11 is 4.89. The topological polar surface area (TPSA) is 68.5 Å². The zero-order chi connectivity index (χ0) is 17.2. The first kappa shape index (κ1) is 16.3. The van der Waals surface area contributed by atoms with Crippen molar-refractivity contribution in [3.8, 4) is 16.5 Å². The van der Waals surface area contributed by atoms with Crippen LogP contribution in [0.5, 0.6) is 5.88 Å². The van der Waals surface area contributed by atoms with Gasteiger partial charge < -0.3 is 14.2 Å². The molecule has 1 saturated heterocycles. The Balaban J connectivity index is 1.39. The van der Waals surface area contributed by atoms with E-state index in [0.29, 0.717) is 30.4 Å². The third-order valence-corrected chi connectivity index (χ3v) is 5.27. The fraction of sp³-hybridized carbons (Fsp3) is 0.235. The van der Waals surface area contributed by atoms with E-state index in [0.717, 1.165) is 15.8 Å². The van der Waals surface area contributed by atoms with E-state index in [1.54, 1.807) is 34.6 Å². The molecule has 0 N–H and O–H groups in total. The van der Waals surface area contributed by atoms with Gasteiger partial charge in [-0.2, -0.15) is 0 Å². The number of halogens is 1. The Labute approximate surface area is 156 Å². The first-order chi connectivity index (χ1) is 12.2. The largest absolute Gasteiger partial charge is 0.472 e. The number of hydrogen-bond donors (Lipinski definition) is 0. The number of carbonyl (C=O) groups is 1. The molecule has 1 unspecified atom stereocenters. The summed E-state index contributed by atoms with van der Waals surface area (Å²) in [4.78, 5) is 19.5. The van der Waals surface area contributed by atoms with E-state index < -0.39 is 0 Å². The van der Waals surface area contributed by atoms with Gasteiger partial charge in [-0.25, -0.2) is 4.98 Å². The van der Waals surface area contributed by atoms with Crippen LogP contribution in [0.15, 0.2) is 50.9 Å². The van der Waals surface area contributed by atoms with Crippen LogP contribution in [0.3, 0.4) is 0 Å². The van der Waals surface area contributed by atoms with E-state index in [1.165, 1.54) is 0 Å². The first-order valence-corrected chi connectivity index (χ1v) is 9.44. The lowest BCUT2D eigenvalue weighted by molar-refractivity contribution is 0.0761. The van der Waals surface area contributed by atoms with E-state index in [-0.39, 0.29) is 12.0 Å². The van der Waals surface area contributed by atoms with Gasteiger partial charge in [-0.3, -0.25) is 4.79 Å². The normalized spacial score (nSPS) is 17.0. The molecule has 0 bridgehead atoms. The lowest BCUT2D eigenvalue weighted by atomic mass is 10.3. The monoisotopic (exact) mass is 419 g/mol. The molecule has 3 aromatic rings. The average Bonchev–Trinajstić information content (AvgIpc) is 3.37. The number of ether oxygens (including phenoxy) is 1. The molecule has 1 aliphatic rings. The molecule has 4 heterocycles. The molecule has 1 fully saturated rings. The number of nitrogens with zero attached hydrogens (tertiary/aromatic N) is 3. The SMILES string of the molecule is O=C(c1cc(-c2cccs2)on1)N1CCC(Oc2ccc(Br)cn2)C1. The highest BCUT2D eigenvalue weighted by Crippen LogP contribution is 2.26. The first-order valence-electron chi connectivity index (χ1n) is 7.77. The van der Waals surface area contributed by atoms with Crippen molar-refractivity contribution < 1.29 is 14.1 Å². The average molecular weight is 420 g/mol. The Morgan fingerprint density at radius 2 is 2.32 bits per heavy atom. The van der Waals surface area contributed by atoms with Crippen LogP contribution in [-0.2, 0) is 0 Å². The van der Waals surface area contributed by atoms with E-state index in [4.69, 9.17) is 9.26 Å². The number of rotatable bonds is 4. The molecule has 1 aliphatic heterocycles. The Bertz CT molecular complexity index is 864. The van der Waals surface area contributed by atoms with Gasteiger partial charge in [-0.1, -0.05) is 11.2 Å². The Morgan fingerprint density at radius 3 is 3.08 bits per heavy atom. The highest BCUT2D eigenvalue weighted by Gasteiger charge is 2.30. The van der Waals surface area contributed by atoms with Crippen molar-refractivity contribution in [2.24, 2.45) is 0 Å². The van der Waals surface area contributed by atoms with Crippen LogP contribution in [0.2, 0.25) is 0 Å². The fourth-order valence-electron chi connectivity index (χ4n) is 2.68. The van der Waals surface area contributed by atoms with Crippen LogP contribution in [0.4, 0.5) is 0 Å². The summed E-state index contributed by atoms with van der Waals surface area (Å²) in [6, 6.07) is 9.24. The summed E-state index contributed by atoms with van der Waals surface area (Å²) in [5.74, 6) is 1.04. The summed E-state index contributed by atoms with van der Waals surface area (Å²) in [7, 11) is 0. The Kier molecular flexibility index (Phi) is 4.54. The number of likely N-dealkylation sites (tertiary alicyclic amines) is 1. The quantitative estimate of drug-likeness (QED) is 0.642. The van der Waals surface area contributed by atoms with Crippen LogP contribution >= 0.6 is 27.3 Å². The molecule has 0 aromatic carbocycles. The summed E-state index contributed by atoms with van der Waals surface area (Å²) in [5, 5.41) is 5.87. The minimum Gasteiger partial charge on any atom is -0.472 e. The van der Waals surface area contributed by atoms with E-state index in [2.05, 4.69) is 26.1 Å². The standard InChI is InChI=1S/C17H14BrN3O3S/c18-11-3-4-16(19-9-11)23-12-5-6-21(10-12)17(22)13-8-14(24-20-13)15-2-1-7-25-15/h1-4,7-9,12H,5-6,10H2. The maximum absolute atomic E-state index is 12.6. The van der Waals surface area contributed by atoms with Crippen LogP contribution < -0.4 is 4.74 Å². The van der Waals surface area contributed by atoms with Crippen LogP contribution in [0.25, 0.3) is 10.6 Å². The summed E-state index contributed by atoms with van der Waals surface area (Å²) in [5.41, 5.74) is 0.325. The third-order valence-electron chi connectivity index (χ3n) is 3.91. The maximum Gasteiger partial charge on any atom is 0.276 e. The second kappa shape index (κ2) is 6.97. The summed E-state index contributed by atoms with van der Waals surface area (Å²) in [6.45, 7) is 1.14. The smallest absolute Gasteiger partial charge is 0.276 e. The zero-order valence-corrected chi connectivity index (χ0v) is 15.5. The van der Waals surface area contributed by atoms with Crippen molar-refractivity contribution in [3.63, 3.8) is 0 Å². The van der Waals surface area contributed by atoms with Gasteiger partial charge in [-0.05, 0) is 33.4 Å². The van der Waals surface area contributed by atoms with Gasteiger partial charge in [0.05, 0.1) is 11.4 Å². The van der Waals surface area contributed by atoms with Crippen molar-refractivity contribution in [1.82, 2.24) is 15.0 Å². The zero-order valence-electron chi connectivity index (χ0n) is 13.1. The molecule has 8 heteroatoms. The number of amides is 1. The van der Waals surface area contributed by atoms with Gasteiger partial charge in [0.15, 0.2) is 11.5 Å². The summed E-state index contributed by atoms with van der Waals surface area (Å²) in [6.07, 6.45) is 2.38. The van der Waals surface area contributed by atoms with Gasteiger partial charge in [0, 0.05) is 35.8 Å². The molecule has 1 amide bonds. The number of hydrogen-bond acceptors (Lipinski definition) is 6. The Hall–Kier alpha value is -2.19. The van der Waals surface area contributed by atoms with Gasteiger partial charge in [-0.15, -0.1) is 11.3 Å². The Morgan fingerprint density at radius 1 is 1.40 bits per heavy atom. The molecule has 3 aromatic heterocycles. The van der Waals surface area contributed by atoms with Crippen molar-refractivity contribution in [2.75, 3.05) is 13.1 Å². The molecule has 128 valence electrons. The van der Waals surface area contributed by atoms with Crippen LogP contribution in [0, 0.1) is 0 Å². The van der Waals surface area contributed by atoms with Gasteiger partial charge in [0.2, 0.25) is 5.88 Å². The fourth-order valence-corrected chi connectivity index (χ4v) is 3.59. The lowest BCUT2D eigenvalue weighted by Crippen LogP contribution is -2.31. The molecule has 4 rings (SSSR count). The lowest BCUT2D eigenvalue weighted by Gasteiger charge is -2.15. The number of carbonyl (C=O) groups excluding carboxylic acids is 1. The van der Waals surface area contributed by atoms with Crippen molar-refractivity contribution in [2.45, 2.75) is 12.5 Å². The van der Waals surface area contributed by atoms with Crippen molar-refractivity contribution >= 4 is 33.2 Å². The predicted octanol–water partition coefficient (Wildman–Crippen LogP) is 3.85. The van der Waals surface area contributed by atoms with E-state index in [1.807, 2.05) is 23.6 Å². The summed E-state index contributed by atoms with van der Waals surface area (Å²) < 4.78 is 12.0. The van der Waals surface area contributed by atoms with E-state index >= 15 is 0 Å². The molecular formula is C17H14BrN3O3S. The highest BCUT2D eigenvalue weighted by molar-refractivity contribution is 9.10. The molecule has 0 radical (unpaired) electrons. The highest BCUT2D eigenvalue weighted by atomic mass is 79.9. The van der Waals surface area contributed by atoms with Gasteiger partial charge >= 0.3 is 0 Å². The molecule has 0 aliphatic carbocycles. The minimum atomic E-state index is -0.138. The molecular weight excluding hydrogens is 406 g/mol. The number of thiophene rings is 1. The maximum atomic E-state index is 12.6. The molecule has 6 nitrogen and oxygen atoms in total. The van der Waals surface area contributed by atoms with E-state index in [9.17, 15) is 4.79 Å². The van der Waals surface area contributed by atoms with Crippen molar-refractivity contribution in [3.05, 3.63) is 52.1 Å². The molecule has 0 spiro atoms. The van der Waals surface area contributed by atoms with Gasteiger partial charge in [0.25, 0.3) is 5.91 Å². The molecule has 1 atom stereocenters. The van der Waals surface area contributed by atoms with Crippen LogP contribution in [-0.4, -0.2) is 40.1 Å². The second-order valence-corrected chi connectivity index (χ2v) is 7.51. The predicted molar refractivity (Wildman–Crippen MR) is 96.7 cm³/mol. The number of aromatic nitrogens is 2. The third kappa shape index (κ3) is 3.59. The van der Waals surface area contributed by atoms with Gasteiger partial charge in [0.1, 0.15) is 6.10 Å². The second-order valence-electron chi connectivity index (χ2n) is 5.65. The van der Waals surface area contributed by atoms with Crippen LogP contribution in [0.1, 0.15) is 16.9 Å². The molecule has 0 saturated carbocycles.